The largest absolute Gasteiger partial charge is 0.493 e. The lowest BCUT2D eigenvalue weighted by atomic mass is 9.72. The Balaban J connectivity index is 1.33. The van der Waals surface area contributed by atoms with Crippen LogP contribution in [0, 0.1) is 17.6 Å². The zero-order chi connectivity index (χ0) is 22.4. The Bertz CT molecular complexity index is 929. The molecule has 0 saturated carbocycles. The molecule has 3 aromatic carbocycles. The van der Waals surface area contributed by atoms with Crippen molar-refractivity contribution in [2.75, 3.05) is 26.2 Å². The number of benzene rings is 3. The third-order valence-electron chi connectivity index (χ3n) is 6.33. The van der Waals surface area contributed by atoms with Gasteiger partial charge in [0.1, 0.15) is 23.0 Å². The molecule has 5 heteroatoms. The van der Waals surface area contributed by atoms with Crippen LogP contribution in [0.4, 0.5) is 8.78 Å². The molecule has 1 aliphatic heterocycles. The highest BCUT2D eigenvalue weighted by atomic mass is 19.1. The van der Waals surface area contributed by atoms with Gasteiger partial charge in [-0.05, 0) is 49.4 Å². The van der Waals surface area contributed by atoms with Gasteiger partial charge < -0.3 is 14.7 Å². The van der Waals surface area contributed by atoms with Crippen LogP contribution in [0.1, 0.15) is 30.4 Å². The van der Waals surface area contributed by atoms with E-state index in [-0.39, 0.29) is 11.7 Å². The number of piperidine rings is 1. The van der Waals surface area contributed by atoms with Crippen molar-refractivity contribution >= 4 is 0 Å². The van der Waals surface area contributed by atoms with E-state index in [1.165, 1.54) is 12.1 Å². The third kappa shape index (κ3) is 5.17. The summed E-state index contributed by atoms with van der Waals surface area (Å²) in [6.07, 6.45) is 2.54. The number of hydrogen-bond acceptors (Lipinski definition) is 3. The molecule has 0 aliphatic carbocycles. The molecular weight excluding hydrogens is 408 g/mol. The van der Waals surface area contributed by atoms with Crippen molar-refractivity contribution in [1.29, 1.82) is 0 Å². The summed E-state index contributed by atoms with van der Waals surface area (Å²) in [5.41, 5.74) is 0.847. The SMILES string of the molecule is OC(c1ccccc1)(c1ccccc1)C1CCN(CCCOc2cc(F)cc(F)c2)CC1. The van der Waals surface area contributed by atoms with Crippen molar-refractivity contribution in [3.05, 3.63) is 102 Å². The van der Waals surface area contributed by atoms with E-state index >= 15 is 0 Å². The maximum absolute atomic E-state index is 13.3. The van der Waals surface area contributed by atoms with Gasteiger partial charge in [-0.1, -0.05) is 60.7 Å². The number of likely N-dealkylation sites (tertiary alicyclic amines) is 1. The molecule has 0 aromatic heterocycles. The summed E-state index contributed by atoms with van der Waals surface area (Å²) in [5, 5.41) is 12.0. The Morgan fingerprint density at radius 3 is 1.91 bits per heavy atom. The molecule has 1 aliphatic rings. The molecule has 1 heterocycles. The lowest BCUT2D eigenvalue weighted by Gasteiger charge is -2.42. The smallest absolute Gasteiger partial charge is 0.129 e. The summed E-state index contributed by atoms with van der Waals surface area (Å²) in [7, 11) is 0. The van der Waals surface area contributed by atoms with Gasteiger partial charge >= 0.3 is 0 Å². The molecule has 0 amide bonds. The van der Waals surface area contributed by atoms with Crippen molar-refractivity contribution in [2.24, 2.45) is 5.92 Å². The van der Waals surface area contributed by atoms with E-state index in [1.54, 1.807) is 0 Å². The molecule has 168 valence electrons. The van der Waals surface area contributed by atoms with Crippen molar-refractivity contribution in [2.45, 2.75) is 24.9 Å². The highest BCUT2D eigenvalue weighted by Crippen LogP contribution is 2.41. The lowest BCUT2D eigenvalue weighted by molar-refractivity contribution is -0.0146. The highest BCUT2D eigenvalue weighted by Gasteiger charge is 2.41. The first kappa shape index (κ1) is 22.4. The lowest BCUT2D eigenvalue weighted by Crippen LogP contribution is -2.44. The zero-order valence-corrected chi connectivity index (χ0v) is 18.1. The van der Waals surface area contributed by atoms with Gasteiger partial charge in [-0.15, -0.1) is 0 Å². The van der Waals surface area contributed by atoms with Gasteiger partial charge in [0.2, 0.25) is 0 Å². The molecule has 0 atom stereocenters. The van der Waals surface area contributed by atoms with Crippen LogP contribution < -0.4 is 4.74 Å². The molecule has 0 spiro atoms. The highest BCUT2D eigenvalue weighted by molar-refractivity contribution is 5.37. The Kier molecular flexibility index (Phi) is 7.18. The fourth-order valence-electron chi connectivity index (χ4n) is 4.69. The second-order valence-electron chi connectivity index (χ2n) is 8.42. The van der Waals surface area contributed by atoms with Crippen LogP contribution in [-0.2, 0) is 5.60 Å². The molecule has 0 radical (unpaired) electrons. The zero-order valence-electron chi connectivity index (χ0n) is 18.1. The number of halogens is 2. The van der Waals surface area contributed by atoms with Crippen LogP contribution in [0.5, 0.6) is 5.75 Å². The normalized spacial score (nSPS) is 15.6. The molecule has 3 nitrogen and oxygen atoms in total. The molecule has 0 unspecified atom stereocenters. The predicted molar refractivity (Wildman–Crippen MR) is 122 cm³/mol. The topological polar surface area (TPSA) is 32.7 Å². The van der Waals surface area contributed by atoms with E-state index in [1.807, 2.05) is 60.7 Å². The quantitative estimate of drug-likeness (QED) is 0.480. The minimum Gasteiger partial charge on any atom is -0.493 e. The first-order chi connectivity index (χ1) is 15.6. The molecule has 1 saturated heterocycles. The second kappa shape index (κ2) is 10.2. The van der Waals surface area contributed by atoms with E-state index in [2.05, 4.69) is 4.90 Å². The molecule has 1 N–H and O–H groups in total. The Morgan fingerprint density at radius 1 is 0.844 bits per heavy atom. The van der Waals surface area contributed by atoms with E-state index in [4.69, 9.17) is 4.74 Å². The van der Waals surface area contributed by atoms with Gasteiger partial charge in [-0.25, -0.2) is 8.78 Å². The first-order valence-corrected chi connectivity index (χ1v) is 11.2. The van der Waals surface area contributed by atoms with Crippen LogP contribution in [0.25, 0.3) is 0 Å². The minimum atomic E-state index is -1.01. The first-order valence-electron chi connectivity index (χ1n) is 11.2. The van der Waals surface area contributed by atoms with E-state index in [0.29, 0.717) is 6.61 Å². The average Bonchev–Trinajstić information content (AvgIpc) is 2.82. The third-order valence-corrected chi connectivity index (χ3v) is 6.33. The van der Waals surface area contributed by atoms with Crippen LogP contribution in [0.2, 0.25) is 0 Å². The average molecular weight is 438 g/mol. The van der Waals surface area contributed by atoms with Crippen LogP contribution in [0.15, 0.2) is 78.9 Å². The number of hydrogen-bond donors (Lipinski definition) is 1. The Morgan fingerprint density at radius 2 is 1.38 bits per heavy atom. The van der Waals surface area contributed by atoms with Crippen molar-refractivity contribution < 1.29 is 18.6 Å². The summed E-state index contributed by atoms with van der Waals surface area (Å²) in [6, 6.07) is 23.1. The minimum absolute atomic E-state index is 0.120. The predicted octanol–water partition coefficient (Wildman–Crippen LogP) is 5.38. The van der Waals surface area contributed by atoms with E-state index in [0.717, 1.165) is 56.1 Å². The van der Waals surface area contributed by atoms with Gasteiger partial charge in [0.15, 0.2) is 0 Å². The number of ether oxygens (including phenoxy) is 1. The number of nitrogens with zero attached hydrogens (tertiary/aromatic N) is 1. The summed E-state index contributed by atoms with van der Waals surface area (Å²) >= 11 is 0. The van der Waals surface area contributed by atoms with Crippen molar-refractivity contribution in [1.82, 2.24) is 4.90 Å². The monoisotopic (exact) mass is 437 g/mol. The van der Waals surface area contributed by atoms with Gasteiger partial charge in [0, 0.05) is 24.7 Å². The second-order valence-corrected chi connectivity index (χ2v) is 8.42. The van der Waals surface area contributed by atoms with Gasteiger partial charge in [0.05, 0.1) is 6.61 Å². The van der Waals surface area contributed by atoms with Crippen LogP contribution >= 0.6 is 0 Å². The van der Waals surface area contributed by atoms with E-state index in [9.17, 15) is 13.9 Å². The van der Waals surface area contributed by atoms with Crippen LogP contribution in [0.3, 0.4) is 0 Å². The fraction of sp³-hybridized carbons (Fsp3) is 0.333. The summed E-state index contributed by atoms with van der Waals surface area (Å²) in [5.74, 6) is -0.926. The standard InChI is InChI=1S/C27H29F2NO2/c28-24-18-25(29)20-26(19-24)32-17-7-14-30-15-12-23(13-16-30)27(31,21-8-3-1-4-9-21)22-10-5-2-6-11-22/h1-6,8-11,18-20,23,31H,7,12-17H2. The molecule has 32 heavy (non-hydrogen) atoms. The van der Waals surface area contributed by atoms with Gasteiger partial charge in [-0.2, -0.15) is 0 Å². The number of aliphatic hydroxyl groups is 1. The number of rotatable bonds is 8. The van der Waals surface area contributed by atoms with E-state index < -0.39 is 17.2 Å². The molecule has 0 bridgehead atoms. The molecular formula is C27H29F2NO2. The fourth-order valence-corrected chi connectivity index (χ4v) is 4.69. The summed E-state index contributed by atoms with van der Waals surface area (Å²) in [4.78, 5) is 2.36. The van der Waals surface area contributed by atoms with Gasteiger partial charge in [0.25, 0.3) is 0 Å². The maximum Gasteiger partial charge on any atom is 0.129 e. The summed E-state index contributed by atoms with van der Waals surface area (Å²) < 4.78 is 32.0. The molecule has 3 aromatic rings. The van der Waals surface area contributed by atoms with Crippen molar-refractivity contribution in [3.63, 3.8) is 0 Å². The Hall–Kier alpha value is -2.76. The van der Waals surface area contributed by atoms with Crippen molar-refractivity contribution in [3.8, 4) is 5.75 Å². The summed E-state index contributed by atoms with van der Waals surface area (Å²) in [6.45, 7) is 3.03. The molecule has 1 fully saturated rings. The maximum atomic E-state index is 13.3. The Labute approximate surface area is 188 Å². The molecule has 4 rings (SSSR count). The van der Waals surface area contributed by atoms with Crippen LogP contribution in [-0.4, -0.2) is 36.2 Å². The van der Waals surface area contributed by atoms with Gasteiger partial charge in [-0.3, -0.25) is 0 Å².